The number of aliphatic imine (C=N–C) groups is 2. The smallest absolute Gasteiger partial charge is 0.437 e. The monoisotopic (exact) mass is 853 g/mol. The lowest BCUT2D eigenvalue weighted by molar-refractivity contribution is 0.0537. The molecule has 17 nitrogen and oxygen atoms in total. The Morgan fingerprint density at radius 3 is 1.13 bits per heavy atom. The number of alkyl carbamates (subject to hydrolysis) is 2. The van der Waals surface area contributed by atoms with Crippen LogP contribution < -0.4 is 10.6 Å². The molecule has 0 aliphatic carbocycles. The van der Waals surface area contributed by atoms with E-state index in [-0.39, 0.29) is 11.9 Å². The molecule has 0 atom stereocenters. The summed E-state index contributed by atoms with van der Waals surface area (Å²) in [5, 5.41) is 14.3. The highest BCUT2D eigenvalue weighted by Crippen LogP contribution is 2.29. The second kappa shape index (κ2) is 18.2. The van der Waals surface area contributed by atoms with E-state index in [1.54, 1.807) is 92.9 Å². The first-order chi connectivity index (χ1) is 28.7. The van der Waals surface area contributed by atoms with E-state index in [0.29, 0.717) is 37.8 Å². The third-order valence-electron chi connectivity index (χ3n) is 8.75. The maximum Gasteiger partial charge on any atom is 0.437 e. The highest BCUT2D eigenvalue weighted by atomic mass is 16.6. The van der Waals surface area contributed by atoms with Gasteiger partial charge in [0.25, 0.3) is 0 Å². The van der Waals surface area contributed by atoms with E-state index >= 15 is 0 Å². The lowest BCUT2D eigenvalue weighted by Gasteiger charge is -2.24. The predicted octanol–water partition coefficient (Wildman–Crippen LogP) is 8.18. The van der Waals surface area contributed by atoms with Crippen LogP contribution in [0.25, 0.3) is 33.9 Å². The second-order valence-corrected chi connectivity index (χ2v) is 18.9. The lowest BCUT2D eigenvalue weighted by Crippen LogP contribution is -2.46. The zero-order valence-corrected chi connectivity index (χ0v) is 38.0. The first-order valence-corrected chi connectivity index (χ1v) is 20.3. The zero-order chi connectivity index (χ0) is 45.8. The van der Waals surface area contributed by atoms with Gasteiger partial charge in [-0.2, -0.15) is 0 Å². The van der Waals surface area contributed by atoms with Crippen LogP contribution in [0.1, 0.15) is 94.2 Å². The van der Waals surface area contributed by atoms with E-state index in [1.165, 1.54) is 0 Å². The molecule has 4 amide bonds. The molecular formula is C45H59N9O8. The lowest BCUT2D eigenvalue weighted by atomic mass is 10.0. The Bertz CT molecular complexity index is 2120. The standard InChI is InChI=1S/C45H59N9O8/c1-42(2,3)59-38(55)46-36(47-39(56)60-43(4,5)6)53-24-22-32(26-53)28-14-18-30(19-15-28)34-50-51-35(52(34)13)31-20-16-29(17-21-31)33-23-25-54(27-33)37(48-40(57)61-44(7,8)9)49-41(58)62-45(10,11)12/h14-23H,24-27H2,1-13H3,(H,46,47,55,56)(H,48,49,57,58). The largest absolute Gasteiger partial charge is 0.444 e. The summed E-state index contributed by atoms with van der Waals surface area (Å²) in [4.78, 5) is 62.4. The topological polar surface area (TPSA) is 191 Å². The van der Waals surface area contributed by atoms with E-state index in [9.17, 15) is 19.2 Å². The molecule has 2 aromatic carbocycles. The van der Waals surface area contributed by atoms with Crippen LogP contribution in [-0.2, 0) is 26.0 Å². The molecule has 5 rings (SSSR count). The fraction of sp³-hybridized carbons (Fsp3) is 0.467. The van der Waals surface area contributed by atoms with Crippen LogP contribution in [0.3, 0.4) is 0 Å². The van der Waals surface area contributed by atoms with Crippen LogP contribution >= 0.6 is 0 Å². The fourth-order valence-corrected chi connectivity index (χ4v) is 6.24. The maximum atomic E-state index is 12.7. The highest BCUT2D eigenvalue weighted by Gasteiger charge is 2.28. The normalized spacial score (nSPS) is 15.2. The Labute approximate surface area is 363 Å². The molecule has 332 valence electrons. The number of carbonyl (C=O) groups excluding carboxylic acids is 4. The SMILES string of the molecule is Cn1c(-c2ccc(C3=CCN(C(=NC(=O)OC(C)(C)C)NC(=O)OC(C)(C)C)C3)cc2)nnc1-c1ccc(C2=CCN(C(=NC(=O)OC(C)(C)C)NC(=O)OC(C)(C)C)C2)cc1. The van der Waals surface area contributed by atoms with Crippen molar-refractivity contribution in [2.45, 2.75) is 105 Å². The molecule has 2 aliphatic heterocycles. The molecule has 1 aromatic heterocycles. The van der Waals surface area contributed by atoms with Gasteiger partial charge >= 0.3 is 24.4 Å². The van der Waals surface area contributed by atoms with Gasteiger partial charge in [0.05, 0.1) is 0 Å². The zero-order valence-electron chi connectivity index (χ0n) is 38.0. The Kier molecular flexibility index (Phi) is 13.7. The first kappa shape index (κ1) is 46.5. The Morgan fingerprint density at radius 1 is 0.516 bits per heavy atom. The summed E-state index contributed by atoms with van der Waals surface area (Å²) < 4.78 is 23.5. The molecule has 3 aromatic rings. The van der Waals surface area contributed by atoms with Crippen molar-refractivity contribution in [2.24, 2.45) is 17.0 Å². The number of hydrogen-bond donors (Lipinski definition) is 2. The van der Waals surface area contributed by atoms with Crippen LogP contribution in [0, 0.1) is 0 Å². The average molecular weight is 854 g/mol. The number of hydrogen-bond acceptors (Lipinski definition) is 10. The van der Waals surface area contributed by atoms with E-state index < -0.39 is 46.8 Å². The molecule has 0 radical (unpaired) electrons. The summed E-state index contributed by atoms with van der Waals surface area (Å²) in [7, 11) is 1.91. The molecule has 0 spiro atoms. The summed E-state index contributed by atoms with van der Waals surface area (Å²) in [6.07, 6.45) is 0.901. The summed E-state index contributed by atoms with van der Waals surface area (Å²) in [5.74, 6) is 1.41. The number of amides is 4. The van der Waals surface area contributed by atoms with E-state index in [0.717, 1.165) is 33.4 Å². The van der Waals surface area contributed by atoms with Gasteiger partial charge in [-0.15, -0.1) is 20.2 Å². The average Bonchev–Trinajstić information content (AvgIpc) is 3.89. The third-order valence-corrected chi connectivity index (χ3v) is 8.75. The van der Waals surface area contributed by atoms with Crippen LogP contribution in [0.4, 0.5) is 19.2 Å². The molecule has 17 heteroatoms. The molecule has 0 unspecified atom stereocenters. The minimum absolute atomic E-state index is 0.0319. The number of nitrogens with zero attached hydrogens (tertiary/aromatic N) is 7. The van der Waals surface area contributed by atoms with Crippen molar-refractivity contribution in [3.8, 4) is 22.8 Å². The van der Waals surface area contributed by atoms with Gasteiger partial charge in [0.15, 0.2) is 11.6 Å². The molecule has 2 N–H and O–H groups in total. The minimum Gasteiger partial charge on any atom is -0.444 e. The van der Waals surface area contributed by atoms with E-state index in [4.69, 9.17) is 18.9 Å². The van der Waals surface area contributed by atoms with Gasteiger partial charge in [-0.3, -0.25) is 10.6 Å². The Hall–Kier alpha value is -6.52. The number of carbonyl (C=O) groups is 4. The molecule has 2 aliphatic rings. The van der Waals surface area contributed by atoms with Crippen molar-refractivity contribution >= 4 is 47.4 Å². The van der Waals surface area contributed by atoms with Crippen molar-refractivity contribution < 1.29 is 38.1 Å². The van der Waals surface area contributed by atoms with Gasteiger partial charge in [-0.25, -0.2) is 19.2 Å². The van der Waals surface area contributed by atoms with Gasteiger partial charge in [-0.1, -0.05) is 60.7 Å². The molecule has 62 heavy (non-hydrogen) atoms. The first-order valence-electron chi connectivity index (χ1n) is 20.3. The van der Waals surface area contributed by atoms with Crippen molar-refractivity contribution in [2.75, 3.05) is 26.2 Å². The number of rotatable bonds is 4. The Morgan fingerprint density at radius 2 is 0.823 bits per heavy atom. The van der Waals surface area contributed by atoms with Crippen molar-refractivity contribution in [3.63, 3.8) is 0 Å². The summed E-state index contributed by atoms with van der Waals surface area (Å²) in [6, 6.07) is 15.9. The van der Waals surface area contributed by atoms with Crippen molar-refractivity contribution in [3.05, 3.63) is 71.8 Å². The molecule has 0 saturated heterocycles. The number of guanidine groups is 2. The summed E-state index contributed by atoms with van der Waals surface area (Å²) in [5.41, 5.74) is 2.55. The second-order valence-electron chi connectivity index (χ2n) is 18.9. The van der Waals surface area contributed by atoms with Crippen molar-refractivity contribution in [1.82, 2.24) is 35.2 Å². The van der Waals surface area contributed by atoms with Gasteiger partial charge in [-0.05, 0) is 105 Å². The number of aromatic nitrogens is 3. The van der Waals surface area contributed by atoms with E-state index in [1.807, 2.05) is 72.3 Å². The van der Waals surface area contributed by atoms with Crippen LogP contribution in [-0.4, -0.2) is 109 Å². The molecule has 0 fully saturated rings. The van der Waals surface area contributed by atoms with E-state index in [2.05, 4.69) is 30.8 Å². The van der Waals surface area contributed by atoms with Gasteiger partial charge in [0.1, 0.15) is 22.4 Å². The molecule has 0 saturated carbocycles. The van der Waals surface area contributed by atoms with Crippen LogP contribution in [0.5, 0.6) is 0 Å². The maximum absolute atomic E-state index is 12.7. The molecule has 0 bridgehead atoms. The summed E-state index contributed by atoms with van der Waals surface area (Å²) in [6.45, 7) is 22.5. The third kappa shape index (κ3) is 13.5. The quantitative estimate of drug-likeness (QED) is 0.146. The van der Waals surface area contributed by atoms with Gasteiger partial charge in [0, 0.05) is 44.4 Å². The van der Waals surface area contributed by atoms with Gasteiger partial charge in [0.2, 0.25) is 11.9 Å². The molecule has 3 heterocycles. The van der Waals surface area contributed by atoms with Crippen LogP contribution in [0.15, 0.2) is 70.7 Å². The minimum atomic E-state index is -0.827. The van der Waals surface area contributed by atoms with Crippen LogP contribution in [0.2, 0.25) is 0 Å². The Balaban J connectivity index is 1.25. The van der Waals surface area contributed by atoms with Crippen molar-refractivity contribution in [1.29, 1.82) is 0 Å². The predicted molar refractivity (Wildman–Crippen MR) is 237 cm³/mol. The van der Waals surface area contributed by atoms with Gasteiger partial charge < -0.3 is 33.3 Å². The summed E-state index contributed by atoms with van der Waals surface area (Å²) >= 11 is 0. The number of nitrogens with one attached hydrogen (secondary N) is 2. The number of benzene rings is 2. The highest BCUT2D eigenvalue weighted by molar-refractivity contribution is 6.01. The fourth-order valence-electron chi connectivity index (χ4n) is 6.24. The number of ether oxygens (including phenoxy) is 4. The molecular weight excluding hydrogens is 795 g/mol.